The summed E-state index contributed by atoms with van der Waals surface area (Å²) < 4.78 is 0. The fourth-order valence-corrected chi connectivity index (χ4v) is 2.07. The van der Waals surface area contributed by atoms with Crippen molar-refractivity contribution in [2.75, 3.05) is 19.0 Å². The summed E-state index contributed by atoms with van der Waals surface area (Å²) in [6.45, 7) is 6.21. The maximum absolute atomic E-state index is 11.4. The van der Waals surface area contributed by atoms with E-state index < -0.39 is 0 Å². The van der Waals surface area contributed by atoms with Crippen molar-refractivity contribution in [3.63, 3.8) is 0 Å². The van der Waals surface area contributed by atoms with Crippen molar-refractivity contribution >= 4 is 17.5 Å². The lowest BCUT2D eigenvalue weighted by molar-refractivity contribution is -0.131. The summed E-state index contributed by atoms with van der Waals surface area (Å²) in [4.78, 5) is 13.3. The standard InChI is InChI=1S/C10H18ClNO/c1-3-10(2)5-4-6-12(8-10)9(13)7-11/h3-8H2,1-2H3. The zero-order valence-corrected chi connectivity index (χ0v) is 9.23. The van der Waals surface area contributed by atoms with Crippen LogP contribution < -0.4 is 0 Å². The summed E-state index contributed by atoms with van der Waals surface area (Å²) in [7, 11) is 0. The van der Waals surface area contributed by atoms with Gasteiger partial charge in [0.05, 0.1) is 0 Å². The summed E-state index contributed by atoms with van der Waals surface area (Å²) in [6, 6.07) is 0. The monoisotopic (exact) mass is 203 g/mol. The van der Waals surface area contributed by atoms with Gasteiger partial charge >= 0.3 is 0 Å². The third-order valence-electron chi connectivity index (χ3n) is 3.10. The van der Waals surface area contributed by atoms with Gasteiger partial charge in [0.1, 0.15) is 5.88 Å². The molecule has 1 saturated heterocycles. The van der Waals surface area contributed by atoms with Crippen LogP contribution in [0.2, 0.25) is 0 Å². The Morgan fingerprint density at radius 3 is 2.85 bits per heavy atom. The van der Waals surface area contributed by atoms with Crippen molar-refractivity contribution in [3.05, 3.63) is 0 Å². The Labute approximate surface area is 85.2 Å². The van der Waals surface area contributed by atoms with Crippen LogP contribution in [0.4, 0.5) is 0 Å². The molecular formula is C10H18ClNO. The van der Waals surface area contributed by atoms with Crippen LogP contribution in [-0.2, 0) is 4.79 Å². The molecule has 1 unspecified atom stereocenters. The third kappa shape index (κ3) is 2.60. The highest BCUT2D eigenvalue weighted by molar-refractivity contribution is 6.27. The molecule has 0 aromatic rings. The van der Waals surface area contributed by atoms with Gasteiger partial charge in [-0.25, -0.2) is 0 Å². The maximum Gasteiger partial charge on any atom is 0.237 e. The van der Waals surface area contributed by atoms with Crippen LogP contribution in [0.25, 0.3) is 0 Å². The van der Waals surface area contributed by atoms with Gasteiger partial charge in [0.25, 0.3) is 0 Å². The van der Waals surface area contributed by atoms with E-state index in [-0.39, 0.29) is 11.8 Å². The fourth-order valence-electron chi connectivity index (χ4n) is 1.90. The molecule has 0 aliphatic carbocycles. The van der Waals surface area contributed by atoms with Gasteiger partial charge in [0.15, 0.2) is 0 Å². The van der Waals surface area contributed by atoms with E-state index in [9.17, 15) is 4.79 Å². The molecule has 1 atom stereocenters. The van der Waals surface area contributed by atoms with Gasteiger partial charge in [-0.1, -0.05) is 13.8 Å². The predicted octanol–water partition coefficient (Wildman–Crippen LogP) is 2.26. The first-order valence-electron chi connectivity index (χ1n) is 4.95. The van der Waals surface area contributed by atoms with Gasteiger partial charge in [-0.05, 0) is 24.7 Å². The molecule has 1 aliphatic rings. The molecule has 0 radical (unpaired) electrons. The van der Waals surface area contributed by atoms with Gasteiger partial charge in [-0.2, -0.15) is 0 Å². The van der Waals surface area contributed by atoms with Crippen LogP contribution in [0, 0.1) is 5.41 Å². The Balaban J connectivity index is 2.56. The first-order valence-corrected chi connectivity index (χ1v) is 5.48. The topological polar surface area (TPSA) is 20.3 Å². The van der Waals surface area contributed by atoms with Gasteiger partial charge < -0.3 is 4.90 Å². The summed E-state index contributed by atoms with van der Waals surface area (Å²) in [6.07, 6.45) is 3.49. The SMILES string of the molecule is CCC1(C)CCCN(C(=O)CCl)C1. The molecular weight excluding hydrogens is 186 g/mol. The van der Waals surface area contributed by atoms with Crippen molar-refractivity contribution in [2.45, 2.75) is 33.1 Å². The molecule has 76 valence electrons. The van der Waals surface area contributed by atoms with Crippen LogP contribution in [-0.4, -0.2) is 29.8 Å². The first kappa shape index (κ1) is 10.8. The molecule has 3 heteroatoms. The highest BCUT2D eigenvalue weighted by Crippen LogP contribution is 2.32. The summed E-state index contributed by atoms with van der Waals surface area (Å²) in [5, 5.41) is 0. The van der Waals surface area contributed by atoms with E-state index in [1.807, 2.05) is 4.90 Å². The average Bonchev–Trinajstić information content (AvgIpc) is 2.17. The number of piperidine rings is 1. The average molecular weight is 204 g/mol. The molecule has 1 fully saturated rings. The lowest BCUT2D eigenvalue weighted by atomic mass is 9.80. The van der Waals surface area contributed by atoms with Crippen LogP contribution in [0.15, 0.2) is 0 Å². The number of hydrogen-bond acceptors (Lipinski definition) is 1. The number of rotatable bonds is 2. The number of hydrogen-bond donors (Lipinski definition) is 0. The Morgan fingerprint density at radius 2 is 2.31 bits per heavy atom. The minimum absolute atomic E-state index is 0.0843. The normalized spacial score (nSPS) is 29.0. The second kappa shape index (κ2) is 4.32. The molecule has 0 N–H and O–H groups in total. The molecule has 0 bridgehead atoms. The van der Waals surface area contributed by atoms with Crippen LogP contribution in [0.1, 0.15) is 33.1 Å². The van der Waals surface area contributed by atoms with E-state index in [1.54, 1.807) is 0 Å². The van der Waals surface area contributed by atoms with Crippen molar-refractivity contribution in [1.29, 1.82) is 0 Å². The van der Waals surface area contributed by atoms with Gasteiger partial charge in [0.2, 0.25) is 5.91 Å². The number of halogens is 1. The highest BCUT2D eigenvalue weighted by Gasteiger charge is 2.30. The molecule has 13 heavy (non-hydrogen) atoms. The summed E-state index contributed by atoms with van der Waals surface area (Å²) in [5.74, 6) is 0.209. The lowest BCUT2D eigenvalue weighted by Crippen LogP contribution is -2.45. The van der Waals surface area contributed by atoms with Gasteiger partial charge in [0, 0.05) is 13.1 Å². The van der Waals surface area contributed by atoms with Crippen LogP contribution in [0.5, 0.6) is 0 Å². The quantitative estimate of drug-likeness (QED) is 0.631. The Bertz CT molecular complexity index is 195. The minimum Gasteiger partial charge on any atom is -0.341 e. The lowest BCUT2D eigenvalue weighted by Gasteiger charge is -2.39. The predicted molar refractivity (Wildman–Crippen MR) is 54.9 cm³/mol. The van der Waals surface area contributed by atoms with Crippen molar-refractivity contribution < 1.29 is 4.79 Å². The zero-order chi connectivity index (χ0) is 9.90. The first-order chi connectivity index (χ1) is 6.11. The van der Waals surface area contributed by atoms with Crippen molar-refractivity contribution in [1.82, 2.24) is 4.90 Å². The molecule has 1 rings (SSSR count). The van der Waals surface area contributed by atoms with Crippen LogP contribution in [0.3, 0.4) is 0 Å². The fraction of sp³-hybridized carbons (Fsp3) is 0.900. The summed E-state index contributed by atoms with van der Waals surface area (Å²) in [5.41, 5.74) is 0.319. The number of nitrogens with zero attached hydrogens (tertiary/aromatic N) is 1. The highest BCUT2D eigenvalue weighted by atomic mass is 35.5. The van der Waals surface area contributed by atoms with E-state index in [0.717, 1.165) is 25.9 Å². The molecule has 1 heterocycles. The van der Waals surface area contributed by atoms with Gasteiger partial charge in [-0.15, -0.1) is 11.6 Å². The molecule has 1 aliphatic heterocycles. The Morgan fingerprint density at radius 1 is 1.62 bits per heavy atom. The van der Waals surface area contributed by atoms with Crippen molar-refractivity contribution in [3.8, 4) is 0 Å². The number of carbonyl (C=O) groups excluding carboxylic acids is 1. The number of carbonyl (C=O) groups is 1. The second-order valence-electron chi connectivity index (χ2n) is 4.22. The van der Waals surface area contributed by atoms with E-state index in [2.05, 4.69) is 13.8 Å². The van der Waals surface area contributed by atoms with E-state index >= 15 is 0 Å². The van der Waals surface area contributed by atoms with Gasteiger partial charge in [-0.3, -0.25) is 4.79 Å². The number of likely N-dealkylation sites (tertiary alicyclic amines) is 1. The Kier molecular flexibility index (Phi) is 3.60. The van der Waals surface area contributed by atoms with Crippen LogP contribution >= 0.6 is 11.6 Å². The summed E-state index contributed by atoms with van der Waals surface area (Å²) >= 11 is 5.53. The van der Waals surface area contributed by atoms with E-state index in [1.165, 1.54) is 6.42 Å². The smallest absolute Gasteiger partial charge is 0.237 e. The maximum atomic E-state index is 11.4. The number of amides is 1. The zero-order valence-electron chi connectivity index (χ0n) is 8.48. The third-order valence-corrected chi connectivity index (χ3v) is 3.33. The molecule has 0 aromatic carbocycles. The largest absolute Gasteiger partial charge is 0.341 e. The van der Waals surface area contributed by atoms with E-state index in [4.69, 9.17) is 11.6 Å². The minimum atomic E-state index is 0.0843. The molecule has 0 saturated carbocycles. The molecule has 2 nitrogen and oxygen atoms in total. The molecule has 0 spiro atoms. The number of alkyl halides is 1. The van der Waals surface area contributed by atoms with E-state index in [0.29, 0.717) is 5.41 Å². The second-order valence-corrected chi connectivity index (χ2v) is 4.48. The van der Waals surface area contributed by atoms with Crippen molar-refractivity contribution in [2.24, 2.45) is 5.41 Å². The Hall–Kier alpha value is -0.240. The molecule has 1 amide bonds. The molecule has 0 aromatic heterocycles.